The number of anilines is 1. The summed E-state index contributed by atoms with van der Waals surface area (Å²) in [4.78, 5) is 4.51. The van der Waals surface area contributed by atoms with Gasteiger partial charge in [0.2, 0.25) is 0 Å². The molecule has 0 atom stereocenters. The molecule has 2 aromatic carbocycles. The Morgan fingerprint density at radius 1 is 1.10 bits per heavy atom. The van der Waals surface area contributed by atoms with Crippen LogP contribution in [0.5, 0.6) is 0 Å². The summed E-state index contributed by atoms with van der Waals surface area (Å²) in [5, 5.41) is 4.61. The maximum Gasteiger partial charge on any atom is 0.0763 e. The number of aryl methyl sites for hydroxylation is 1. The first-order valence-corrected chi connectivity index (χ1v) is 8.25. The van der Waals surface area contributed by atoms with Crippen LogP contribution in [0.25, 0.3) is 10.9 Å². The highest BCUT2D eigenvalue weighted by molar-refractivity contribution is 9.11. The minimum Gasteiger partial charge on any atom is -0.381 e. The third-order valence-electron chi connectivity index (χ3n) is 3.33. The van der Waals surface area contributed by atoms with Gasteiger partial charge in [-0.15, -0.1) is 0 Å². The van der Waals surface area contributed by atoms with Gasteiger partial charge < -0.3 is 5.32 Å². The van der Waals surface area contributed by atoms with Gasteiger partial charge in [0.05, 0.1) is 5.52 Å². The Bertz CT molecular complexity index is 780. The van der Waals surface area contributed by atoms with Gasteiger partial charge in [-0.05, 0) is 48.4 Å². The van der Waals surface area contributed by atoms with Crippen LogP contribution in [-0.2, 0) is 6.54 Å². The summed E-state index contributed by atoms with van der Waals surface area (Å²) in [7, 11) is 0. The van der Waals surface area contributed by atoms with Crippen LogP contribution in [0, 0.1) is 6.92 Å². The maximum absolute atomic E-state index is 4.51. The maximum atomic E-state index is 4.51. The molecule has 0 aliphatic heterocycles. The van der Waals surface area contributed by atoms with E-state index < -0.39 is 0 Å². The fraction of sp³-hybridized carbons (Fsp3) is 0.118. The van der Waals surface area contributed by atoms with E-state index in [0.29, 0.717) is 0 Å². The van der Waals surface area contributed by atoms with Crippen LogP contribution in [0.3, 0.4) is 0 Å². The second-order valence-electron chi connectivity index (χ2n) is 4.98. The van der Waals surface area contributed by atoms with Gasteiger partial charge in [0.1, 0.15) is 0 Å². The molecule has 0 spiro atoms. The zero-order valence-electron chi connectivity index (χ0n) is 11.5. The van der Waals surface area contributed by atoms with E-state index in [-0.39, 0.29) is 0 Å². The quantitative estimate of drug-likeness (QED) is 0.606. The van der Waals surface area contributed by atoms with Crippen molar-refractivity contribution in [2.75, 3.05) is 5.32 Å². The Morgan fingerprint density at radius 2 is 1.95 bits per heavy atom. The summed E-state index contributed by atoms with van der Waals surface area (Å²) in [6.07, 6.45) is 1.83. The lowest BCUT2D eigenvalue weighted by Crippen LogP contribution is -2.01. The molecule has 0 aliphatic rings. The molecular weight excluding hydrogens is 392 g/mol. The Balaban J connectivity index is 1.90. The Morgan fingerprint density at radius 3 is 2.76 bits per heavy atom. The largest absolute Gasteiger partial charge is 0.381 e. The number of nitrogens with one attached hydrogen (secondary N) is 1. The number of pyridine rings is 1. The van der Waals surface area contributed by atoms with E-state index in [1.807, 2.05) is 12.3 Å². The van der Waals surface area contributed by atoms with Crippen molar-refractivity contribution in [3.8, 4) is 0 Å². The van der Waals surface area contributed by atoms with Crippen molar-refractivity contribution in [2.45, 2.75) is 13.5 Å². The Kier molecular flexibility index (Phi) is 4.27. The lowest BCUT2D eigenvalue weighted by Gasteiger charge is -2.11. The zero-order chi connectivity index (χ0) is 14.8. The number of halogens is 2. The number of hydrogen-bond acceptors (Lipinski definition) is 2. The number of nitrogens with zero attached hydrogens (tertiary/aromatic N) is 1. The van der Waals surface area contributed by atoms with E-state index in [2.05, 4.69) is 85.5 Å². The third kappa shape index (κ3) is 3.27. The second-order valence-corrected chi connectivity index (χ2v) is 6.75. The van der Waals surface area contributed by atoms with E-state index in [1.165, 1.54) is 11.1 Å². The van der Waals surface area contributed by atoms with Gasteiger partial charge in [0.15, 0.2) is 0 Å². The molecule has 1 N–H and O–H groups in total. The molecule has 2 nitrogen and oxygen atoms in total. The van der Waals surface area contributed by atoms with Crippen LogP contribution >= 0.6 is 31.9 Å². The molecule has 0 saturated heterocycles. The van der Waals surface area contributed by atoms with Crippen molar-refractivity contribution in [2.24, 2.45) is 0 Å². The van der Waals surface area contributed by atoms with Crippen LogP contribution < -0.4 is 5.32 Å². The highest BCUT2D eigenvalue weighted by atomic mass is 79.9. The van der Waals surface area contributed by atoms with Crippen molar-refractivity contribution < 1.29 is 0 Å². The van der Waals surface area contributed by atoms with Crippen molar-refractivity contribution in [1.29, 1.82) is 0 Å². The van der Waals surface area contributed by atoms with Crippen LogP contribution in [0.4, 0.5) is 5.69 Å². The van der Waals surface area contributed by atoms with Gasteiger partial charge in [0.25, 0.3) is 0 Å². The molecule has 0 aliphatic carbocycles. The third-order valence-corrected chi connectivity index (χ3v) is 4.47. The van der Waals surface area contributed by atoms with Crippen LogP contribution in [-0.4, -0.2) is 4.98 Å². The number of rotatable bonds is 3. The molecule has 1 aromatic heterocycles. The normalized spacial score (nSPS) is 10.8. The van der Waals surface area contributed by atoms with E-state index in [0.717, 1.165) is 32.1 Å². The average Bonchev–Trinajstić information content (AvgIpc) is 2.46. The first-order valence-electron chi connectivity index (χ1n) is 6.66. The number of benzene rings is 2. The Labute approximate surface area is 140 Å². The summed E-state index contributed by atoms with van der Waals surface area (Å²) in [5.74, 6) is 0. The van der Waals surface area contributed by atoms with Gasteiger partial charge in [-0.1, -0.05) is 44.0 Å². The highest BCUT2D eigenvalue weighted by Gasteiger charge is 2.05. The molecule has 0 amide bonds. The number of hydrogen-bond donors (Lipinski definition) is 1. The fourth-order valence-electron chi connectivity index (χ4n) is 2.37. The van der Waals surface area contributed by atoms with Gasteiger partial charge in [-0.3, -0.25) is 4.98 Å². The smallest absolute Gasteiger partial charge is 0.0763 e. The molecule has 3 rings (SSSR count). The van der Waals surface area contributed by atoms with Crippen molar-refractivity contribution in [3.63, 3.8) is 0 Å². The summed E-state index contributed by atoms with van der Waals surface area (Å²) in [6, 6.07) is 14.5. The molecule has 3 aromatic rings. The average molecular weight is 406 g/mol. The molecule has 0 radical (unpaired) electrons. The van der Waals surface area contributed by atoms with E-state index in [1.54, 1.807) is 0 Å². The molecule has 106 valence electrons. The first-order chi connectivity index (χ1) is 10.1. The molecule has 0 fully saturated rings. The lowest BCUT2D eigenvalue weighted by atomic mass is 10.1. The number of aromatic nitrogens is 1. The molecule has 4 heteroatoms. The van der Waals surface area contributed by atoms with Crippen molar-refractivity contribution in [3.05, 3.63) is 68.7 Å². The second kappa shape index (κ2) is 6.16. The molecule has 21 heavy (non-hydrogen) atoms. The predicted molar refractivity (Wildman–Crippen MR) is 95.6 cm³/mol. The lowest BCUT2D eigenvalue weighted by molar-refractivity contribution is 1.15. The monoisotopic (exact) mass is 404 g/mol. The van der Waals surface area contributed by atoms with Crippen molar-refractivity contribution >= 4 is 48.5 Å². The van der Waals surface area contributed by atoms with Gasteiger partial charge in [-0.2, -0.15) is 0 Å². The van der Waals surface area contributed by atoms with Crippen LogP contribution in [0.2, 0.25) is 0 Å². The van der Waals surface area contributed by atoms with Gasteiger partial charge in [0, 0.05) is 32.8 Å². The summed E-state index contributed by atoms with van der Waals surface area (Å²) in [6.45, 7) is 2.84. The molecular formula is C17H14Br2N2. The molecule has 1 heterocycles. The van der Waals surface area contributed by atoms with Crippen LogP contribution in [0.1, 0.15) is 11.1 Å². The summed E-state index contributed by atoms with van der Waals surface area (Å²) >= 11 is 7.11. The molecule has 0 bridgehead atoms. The minimum absolute atomic E-state index is 0.747. The summed E-state index contributed by atoms with van der Waals surface area (Å²) in [5.41, 5.74) is 4.55. The van der Waals surface area contributed by atoms with E-state index >= 15 is 0 Å². The highest BCUT2D eigenvalue weighted by Crippen LogP contribution is 2.26. The fourth-order valence-corrected chi connectivity index (χ4v) is 3.43. The van der Waals surface area contributed by atoms with Crippen molar-refractivity contribution in [1.82, 2.24) is 4.98 Å². The van der Waals surface area contributed by atoms with Gasteiger partial charge >= 0.3 is 0 Å². The topological polar surface area (TPSA) is 24.9 Å². The minimum atomic E-state index is 0.747. The first kappa shape index (κ1) is 14.5. The predicted octanol–water partition coefficient (Wildman–Crippen LogP) is 5.68. The Hall–Kier alpha value is -1.39. The zero-order valence-corrected chi connectivity index (χ0v) is 14.7. The standard InChI is InChI=1S/C17H14Br2N2/c1-11-7-13(18)9-14(8-11)21-10-12-4-5-16(19)15-3-2-6-20-17(12)15/h2-9,21H,10H2,1H3. The van der Waals surface area contributed by atoms with Crippen LogP contribution in [0.15, 0.2) is 57.6 Å². The van der Waals surface area contributed by atoms with Gasteiger partial charge in [-0.25, -0.2) is 0 Å². The number of fused-ring (bicyclic) bond motifs is 1. The molecule has 0 saturated carbocycles. The summed E-state index contributed by atoms with van der Waals surface area (Å²) < 4.78 is 2.16. The SMILES string of the molecule is Cc1cc(Br)cc(NCc2ccc(Br)c3cccnc23)c1. The van der Waals surface area contributed by atoms with E-state index in [9.17, 15) is 0 Å². The molecule has 0 unspecified atom stereocenters. The van der Waals surface area contributed by atoms with E-state index in [4.69, 9.17) is 0 Å².